The lowest BCUT2D eigenvalue weighted by atomic mass is 10.1. The highest BCUT2D eigenvalue weighted by Crippen LogP contribution is 2.31. The average molecular weight is 325 g/mol. The van der Waals surface area contributed by atoms with Gasteiger partial charge in [-0.3, -0.25) is 0 Å². The van der Waals surface area contributed by atoms with Gasteiger partial charge in [-0.15, -0.1) is 11.3 Å². The normalized spacial score (nSPS) is 12.0. The first-order chi connectivity index (χ1) is 9.85. The van der Waals surface area contributed by atoms with E-state index in [0.29, 0.717) is 17.6 Å². The first kappa shape index (κ1) is 16.1. The Morgan fingerprint density at radius 2 is 1.95 bits per heavy atom. The number of rotatable bonds is 6. The maximum atomic E-state index is 11.3. The van der Waals surface area contributed by atoms with Gasteiger partial charge in [-0.2, -0.15) is 0 Å². The van der Waals surface area contributed by atoms with Crippen LogP contribution in [0.2, 0.25) is 0 Å². The Balaban J connectivity index is 2.36. The van der Waals surface area contributed by atoms with Crippen LogP contribution in [0.1, 0.15) is 24.5 Å². The molecule has 0 aliphatic carbocycles. The number of sulfonamides is 1. The standard InChI is InChI=1S/C14H19N3O2S2/c1-10(2)16-8-12-14(11-6-4-3-5-7-11)20-13(17-12)9-21(15,18)19/h3-7,10,16H,8-9H2,1-2H3,(H2,15,18,19). The molecular formula is C14H19N3O2S2. The van der Waals surface area contributed by atoms with Crippen LogP contribution in [0.3, 0.4) is 0 Å². The summed E-state index contributed by atoms with van der Waals surface area (Å²) in [6, 6.07) is 10.2. The fourth-order valence-corrected chi connectivity index (χ4v) is 3.89. The van der Waals surface area contributed by atoms with Gasteiger partial charge in [-0.1, -0.05) is 44.2 Å². The summed E-state index contributed by atoms with van der Waals surface area (Å²) in [6.07, 6.45) is 0. The molecule has 21 heavy (non-hydrogen) atoms. The highest BCUT2D eigenvalue weighted by atomic mass is 32.2. The second-order valence-electron chi connectivity index (χ2n) is 5.09. The fraction of sp³-hybridized carbons (Fsp3) is 0.357. The van der Waals surface area contributed by atoms with Crippen LogP contribution in [0.4, 0.5) is 0 Å². The minimum Gasteiger partial charge on any atom is -0.309 e. The van der Waals surface area contributed by atoms with E-state index in [1.807, 2.05) is 30.3 Å². The lowest BCUT2D eigenvalue weighted by molar-refractivity contribution is 0.582. The Bertz CT molecular complexity index is 694. The van der Waals surface area contributed by atoms with Crippen molar-refractivity contribution in [3.05, 3.63) is 41.0 Å². The number of aromatic nitrogens is 1. The summed E-state index contributed by atoms with van der Waals surface area (Å²) in [5.41, 5.74) is 1.90. The molecule has 0 aliphatic rings. The van der Waals surface area contributed by atoms with Crippen molar-refractivity contribution < 1.29 is 8.42 Å². The van der Waals surface area contributed by atoms with Gasteiger partial charge in [0.05, 0.1) is 10.6 Å². The molecule has 1 aromatic heterocycles. The molecule has 0 bridgehead atoms. The summed E-state index contributed by atoms with van der Waals surface area (Å²) in [5.74, 6) is -0.223. The van der Waals surface area contributed by atoms with Crippen LogP contribution in [0.5, 0.6) is 0 Å². The van der Waals surface area contributed by atoms with Gasteiger partial charge in [0.15, 0.2) is 0 Å². The molecule has 5 nitrogen and oxygen atoms in total. The van der Waals surface area contributed by atoms with Crippen molar-refractivity contribution in [1.29, 1.82) is 0 Å². The van der Waals surface area contributed by atoms with Crippen LogP contribution in [0.15, 0.2) is 30.3 Å². The number of nitrogens with two attached hydrogens (primary N) is 1. The van der Waals surface area contributed by atoms with Crippen LogP contribution in [-0.4, -0.2) is 19.4 Å². The third-order valence-corrected chi connectivity index (χ3v) is 4.79. The van der Waals surface area contributed by atoms with E-state index < -0.39 is 10.0 Å². The molecule has 0 unspecified atom stereocenters. The van der Waals surface area contributed by atoms with Crippen LogP contribution in [0, 0.1) is 0 Å². The number of hydrogen-bond donors (Lipinski definition) is 2. The van der Waals surface area contributed by atoms with Crippen molar-refractivity contribution in [3.8, 4) is 10.4 Å². The maximum Gasteiger partial charge on any atom is 0.215 e. The second kappa shape index (κ2) is 6.65. The number of nitrogens with zero attached hydrogens (tertiary/aromatic N) is 1. The van der Waals surface area contributed by atoms with Crippen LogP contribution in [0.25, 0.3) is 10.4 Å². The molecular weight excluding hydrogens is 306 g/mol. The lowest BCUT2D eigenvalue weighted by Gasteiger charge is -2.07. The van der Waals surface area contributed by atoms with Crippen molar-refractivity contribution in [2.75, 3.05) is 0 Å². The van der Waals surface area contributed by atoms with E-state index in [1.54, 1.807) is 0 Å². The van der Waals surface area contributed by atoms with Crippen molar-refractivity contribution in [2.24, 2.45) is 5.14 Å². The molecule has 0 saturated heterocycles. The summed E-state index contributed by atoms with van der Waals surface area (Å²) in [7, 11) is -3.57. The number of hydrogen-bond acceptors (Lipinski definition) is 5. The Morgan fingerprint density at radius 3 is 2.52 bits per heavy atom. The van der Waals surface area contributed by atoms with Crippen molar-refractivity contribution in [1.82, 2.24) is 10.3 Å². The molecule has 0 fully saturated rings. The van der Waals surface area contributed by atoms with Gasteiger partial charge >= 0.3 is 0 Å². The molecule has 0 radical (unpaired) electrons. The van der Waals surface area contributed by atoms with E-state index in [4.69, 9.17) is 5.14 Å². The Hall–Kier alpha value is -1.28. The molecule has 0 atom stereocenters. The van der Waals surface area contributed by atoms with Crippen molar-refractivity contribution in [2.45, 2.75) is 32.2 Å². The third-order valence-electron chi connectivity index (χ3n) is 2.78. The van der Waals surface area contributed by atoms with E-state index in [2.05, 4.69) is 24.1 Å². The van der Waals surface area contributed by atoms with Gasteiger partial charge in [0.1, 0.15) is 10.8 Å². The van der Waals surface area contributed by atoms with Gasteiger partial charge in [0, 0.05) is 12.6 Å². The molecule has 2 rings (SSSR count). The molecule has 0 spiro atoms. The van der Waals surface area contributed by atoms with E-state index in [-0.39, 0.29) is 5.75 Å². The van der Waals surface area contributed by atoms with E-state index in [1.165, 1.54) is 11.3 Å². The molecule has 0 aliphatic heterocycles. The predicted molar refractivity (Wildman–Crippen MR) is 86.3 cm³/mol. The quantitative estimate of drug-likeness (QED) is 0.851. The average Bonchev–Trinajstić information content (AvgIpc) is 2.78. The molecule has 114 valence electrons. The molecule has 1 aromatic carbocycles. The van der Waals surface area contributed by atoms with E-state index in [0.717, 1.165) is 16.1 Å². The predicted octanol–water partition coefficient (Wildman–Crippen LogP) is 2.10. The van der Waals surface area contributed by atoms with Gasteiger partial charge in [-0.25, -0.2) is 18.5 Å². The van der Waals surface area contributed by atoms with Gasteiger partial charge < -0.3 is 5.32 Å². The van der Waals surface area contributed by atoms with Gasteiger partial charge in [0.25, 0.3) is 0 Å². The van der Waals surface area contributed by atoms with Crippen LogP contribution in [-0.2, 0) is 22.3 Å². The summed E-state index contributed by atoms with van der Waals surface area (Å²) >= 11 is 1.38. The molecule has 1 heterocycles. The van der Waals surface area contributed by atoms with E-state index in [9.17, 15) is 8.42 Å². The first-order valence-electron chi connectivity index (χ1n) is 6.63. The summed E-state index contributed by atoms with van der Waals surface area (Å²) in [6.45, 7) is 4.71. The van der Waals surface area contributed by atoms with Crippen LogP contribution < -0.4 is 10.5 Å². The topological polar surface area (TPSA) is 85.1 Å². The van der Waals surface area contributed by atoms with Gasteiger partial charge in [-0.05, 0) is 5.56 Å². The van der Waals surface area contributed by atoms with Crippen LogP contribution >= 0.6 is 11.3 Å². The number of benzene rings is 1. The zero-order valence-electron chi connectivity index (χ0n) is 12.0. The third kappa shape index (κ3) is 4.89. The Labute approximate surface area is 129 Å². The second-order valence-corrected chi connectivity index (χ2v) is 7.79. The molecule has 2 aromatic rings. The highest BCUT2D eigenvalue weighted by Gasteiger charge is 2.16. The summed E-state index contributed by atoms with van der Waals surface area (Å²) in [4.78, 5) is 5.43. The lowest BCUT2D eigenvalue weighted by Crippen LogP contribution is -2.22. The molecule has 7 heteroatoms. The highest BCUT2D eigenvalue weighted by molar-refractivity contribution is 7.88. The molecule has 0 saturated carbocycles. The number of thiazole rings is 1. The Morgan fingerprint density at radius 1 is 1.29 bits per heavy atom. The zero-order valence-corrected chi connectivity index (χ0v) is 13.7. The minimum absolute atomic E-state index is 0.223. The largest absolute Gasteiger partial charge is 0.309 e. The molecule has 3 N–H and O–H groups in total. The monoisotopic (exact) mass is 325 g/mol. The maximum absolute atomic E-state index is 11.3. The van der Waals surface area contributed by atoms with E-state index >= 15 is 0 Å². The Kier molecular flexibility index (Phi) is 5.10. The van der Waals surface area contributed by atoms with Crippen molar-refractivity contribution >= 4 is 21.4 Å². The number of primary sulfonamides is 1. The first-order valence-corrected chi connectivity index (χ1v) is 9.16. The number of nitrogens with one attached hydrogen (secondary N) is 1. The smallest absolute Gasteiger partial charge is 0.215 e. The fourth-order valence-electron chi connectivity index (χ4n) is 1.87. The summed E-state index contributed by atoms with van der Waals surface area (Å²) in [5, 5.41) is 8.95. The SMILES string of the molecule is CC(C)NCc1nc(CS(N)(=O)=O)sc1-c1ccccc1. The van der Waals surface area contributed by atoms with Gasteiger partial charge in [0.2, 0.25) is 10.0 Å². The minimum atomic E-state index is -3.57. The van der Waals surface area contributed by atoms with Crippen molar-refractivity contribution in [3.63, 3.8) is 0 Å². The summed E-state index contributed by atoms with van der Waals surface area (Å²) < 4.78 is 22.5. The zero-order chi connectivity index (χ0) is 15.5. The molecule has 0 amide bonds.